The molecular formula is C90H74N10O4S2. The Balaban J connectivity index is 0.000000144. The molecule has 1 aliphatic heterocycles. The molecule has 0 saturated heterocycles. The van der Waals surface area contributed by atoms with Crippen LogP contribution in [0.5, 0.6) is 0 Å². The van der Waals surface area contributed by atoms with Crippen LogP contribution in [0.4, 0.5) is 0 Å². The van der Waals surface area contributed by atoms with E-state index in [0.29, 0.717) is 36.5 Å². The minimum atomic E-state index is -3.37. The summed E-state index contributed by atoms with van der Waals surface area (Å²) < 4.78 is 49.2. The topological polar surface area (TPSA) is 241 Å². The van der Waals surface area contributed by atoms with Crippen molar-refractivity contribution in [3.05, 3.63) is 384 Å². The van der Waals surface area contributed by atoms with Crippen molar-refractivity contribution in [2.45, 2.75) is 73.5 Å². The van der Waals surface area contributed by atoms with Gasteiger partial charge in [0, 0.05) is 34.3 Å². The Morgan fingerprint density at radius 1 is 0.377 bits per heavy atom. The van der Waals surface area contributed by atoms with Gasteiger partial charge in [0.1, 0.15) is 11.9 Å². The predicted molar refractivity (Wildman–Crippen MR) is 420 cm³/mol. The second-order valence-electron chi connectivity index (χ2n) is 24.4. The number of hydrogen-bond donors (Lipinski definition) is 0. The van der Waals surface area contributed by atoms with Gasteiger partial charge in [-0.15, -0.1) is 0 Å². The van der Waals surface area contributed by atoms with E-state index in [4.69, 9.17) is 21.0 Å². The first-order chi connectivity index (χ1) is 51.3. The second kappa shape index (κ2) is 36.9. The first-order valence-electron chi connectivity index (χ1n) is 33.6. The molecule has 0 saturated carbocycles. The van der Waals surface area contributed by atoms with Gasteiger partial charge in [-0.3, -0.25) is 4.98 Å². The first-order valence-corrected chi connectivity index (χ1v) is 36.6. The van der Waals surface area contributed by atoms with E-state index in [1.165, 1.54) is 17.0 Å². The van der Waals surface area contributed by atoms with Crippen LogP contribution in [-0.2, 0) is 25.1 Å². The largest absolute Gasteiger partial charge is 0.257 e. The highest BCUT2D eigenvalue weighted by atomic mass is 32.2. The van der Waals surface area contributed by atoms with Crippen molar-refractivity contribution < 1.29 is 16.8 Å². The van der Waals surface area contributed by atoms with Gasteiger partial charge >= 0.3 is 0 Å². The van der Waals surface area contributed by atoms with Crippen LogP contribution in [-0.4, -0.2) is 46.7 Å². The van der Waals surface area contributed by atoms with Crippen LogP contribution < -0.4 is 0 Å². The minimum Gasteiger partial charge on any atom is -0.257 e. The van der Waals surface area contributed by atoms with Crippen LogP contribution in [0.2, 0.25) is 0 Å². The van der Waals surface area contributed by atoms with Crippen molar-refractivity contribution in [2.24, 2.45) is 0 Å². The molecule has 0 fully saturated rings. The third-order valence-electron chi connectivity index (χ3n) is 16.6. The summed E-state index contributed by atoms with van der Waals surface area (Å²) >= 11 is 0. The van der Waals surface area contributed by atoms with Crippen molar-refractivity contribution in [1.82, 2.24) is 29.9 Å². The highest BCUT2D eigenvalue weighted by Gasteiger charge is 2.39. The number of para-hydroxylation sites is 3. The number of benzene rings is 12. The SMILES string of the molecule is CC1(C)c2ccccc2S(=O)(=O)c2ccccc21.Cc1cccc(C#N)c1.Cc1ccccc1C#N.Cc1nc(-c2ccc3ccccc3c2)c2ccccc2n1.Cc1nc2ccccc2nc1-c1ccccc1.Cc1nccnc1C#N.N#Cc1ccccc1.O=S(=O)(c1ccccc1)c1ccccc1. The van der Waals surface area contributed by atoms with Gasteiger partial charge in [-0.2, -0.15) is 21.0 Å². The standard InChI is InChI=1S/C19H14N2.C15H12N2.C15H14O2S.C12H10O2S.2C8H7N.C7H5N.C6H5N3/c1-13-20-18-9-5-4-8-17(18)19(21-13)16-11-10-14-6-2-3-7-15(14)12-16;1-11-15(12-7-3-2-4-8-12)17-14-10-6-5-9-13(14)16-11;1-15(2)11-7-3-5-9-13(11)18(16,17)14-10-6-4-8-12(14)15;13-15(14,11-7-3-1-4-8-11)12-9-5-2-6-10-12;1-7-3-2-4-8(5-7)6-9;1-7-4-2-3-5-8(7)6-9;8-6-7-4-2-1-3-5-7;1-5-6(4-7)9-3-2-8-5/h2-12H,1H3;2-10H,1H3;3-10H,1-2H3;1-10H;2*2-5H,1H3;1-5H;2-3H,1H3. The average molecular weight is 1420 g/mol. The van der Waals surface area contributed by atoms with Gasteiger partial charge < -0.3 is 0 Å². The summed E-state index contributed by atoms with van der Waals surface area (Å²) in [5.74, 6) is 0.803. The molecule has 1 aliphatic rings. The lowest BCUT2D eigenvalue weighted by atomic mass is 9.78. The summed E-state index contributed by atoms with van der Waals surface area (Å²) in [6, 6.07) is 105. The Hall–Kier alpha value is -13.5. The molecule has 15 aromatic rings. The Morgan fingerprint density at radius 2 is 0.868 bits per heavy atom. The molecule has 0 N–H and O–H groups in total. The molecule has 0 radical (unpaired) electrons. The highest BCUT2D eigenvalue weighted by Crippen LogP contribution is 2.45. The Bertz CT molecular complexity index is 5760. The Morgan fingerprint density at radius 3 is 1.40 bits per heavy atom. The van der Waals surface area contributed by atoms with Crippen molar-refractivity contribution >= 4 is 52.4 Å². The van der Waals surface area contributed by atoms with Gasteiger partial charge in [-0.1, -0.05) is 232 Å². The van der Waals surface area contributed by atoms with Gasteiger partial charge in [0.2, 0.25) is 19.7 Å². The van der Waals surface area contributed by atoms with Crippen molar-refractivity contribution in [3.8, 4) is 46.8 Å². The molecule has 16 rings (SSSR count). The summed E-state index contributed by atoms with van der Waals surface area (Å²) in [4.78, 5) is 27.6. The number of sulfone groups is 2. The van der Waals surface area contributed by atoms with E-state index in [2.05, 4.69) is 117 Å². The molecule has 0 spiro atoms. The molecular weight excluding hydrogens is 1350 g/mol. The highest BCUT2D eigenvalue weighted by molar-refractivity contribution is 7.92. The van der Waals surface area contributed by atoms with Crippen molar-refractivity contribution in [1.29, 1.82) is 21.0 Å². The van der Waals surface area contributed by atoms with Crippen LogP contribution in [0.25, 0.3) is 55.2 Å². The number of hydrogen-bond acceptors (Lipinski definition) is 14. The van der Waals surface area contributed by atoms with Gasteiger partial charge in [0.05, 0.1) is 93.8 Å². The van der Waals surface area contributed by atoms with E-state index < -0.39 is 19.7 Å². The number of aromatic nitrogens is 6. The first kappa shape index (κ1) is 76.7. The van der Waals surface area contributed by atoms with Gasteiger partial charge in [0.25, 0.3) is 0 Å². The van der Waals surface area contributed by atoms with Crippen LogP contribution in [0.1, 0.15) is 75.7 Å². The molecule has 3 aromatic heterocycles. The van der Waals surface area contributed by atoms with E-state index in [9.17, 15) is 16.8 Å². The average Bonchev–Trinajstić information content (AvgIpc) is 0.710. The number of nitrogens with zero attached hydrogens (tertiary/aromatic N) is 10. The summed E-state index contributed by atoms with van der Waals surface area (Å²) in [7, 11) is -6.71. The zero-order valence-electron chi connectivity index (χ0n) is 59.5. The molecule has 0 bridgehead atoms. The number of aryl methyl sites for hydroxylation is 5. The van der Waals surface area contributed by atoms with Crippen LogP contribution in [0.15, 0.2) is 341 Å². The normalized spacial score (nSPS) is 11.4. The zero-order valence-corrected chi connectivity index (χ0v) is 61.2. The fraction of sp³-hybridized carbons (Fsp3) is 0.0889. The molecule has 4 heterocycles. The molecule has 14 nitrogen and oxygen atoms in total. The van der Waals surface area contributed by atoms with Crippen LogP contribution in [0.3, 0.4) is 0 Å². The third kappa shape index (κ3) is 20.0. The lowest BCUT2D eigenvalue weighted by Gasteiger charge is -2.34. The molecule has 16 heteroatoms. The molecule has 520 valence electrons. The Kier molecular flexibility index (Phi) is 26.7. The van der Waals surface area contributed by atoms with E-state index in [1.807, 2.05) is 185 Å². The quantitative estimate of drug-likeness (QED) is 0.159. The van der Waals surface area contributed by atoms with Crippen LogP contribution >= 0.6 is 0 Å². The van der Waals surface area contributed by atoms with Crippen LogP contribution in [0, 0.1) is 79.9 Å². The molecule has 0 unspecified atom stereocenters. The minimum absolute atomic E-state index is 0.279. The molecule has 106 heavy (non-hydrogen) atoms. The second-order valence-corrected chi connectivity index (χ2v) is 28.3. The molecule has 0 aliphatic carbocycles. The fourth-order valence-corrected chi connectivity index (χ4v) is 14.5. The van der Waals surface area contributed by atoms with E-state index in [-0.39, 0.29) is 5.41 Å². The summed E-state index contributed by atoms with van der Waals surface area (Å²) in [6.07, 6.45) is 3.07. The van der Waals surface area contributed by atoms with Crippen molar-refractivity contribution in [3.63, 3.8) is 0 Å². The third-order valence-corrected chi connectivity index (χ3v) is 20.3. The summed E-state index contributed by atoms with van der Waals surface area (Å²) in [5, 5.41) is 37.1. The lowest BCUT2D eigenvalue weighted by Crippen LogP contribution is -2.29. The number of nitriles is 4. The maximum atomic E-state index is 12.6. The van der Waals surface area contributed by atoms with Gasteiger partial charge in [-0.05, 0) is 159 Å². The van der Waals surface area contributed by atoms with E-state index in [1.54, 1.807) is 116 Å². The predicted octanol–water partition coefficient (Wildman–Crippen LogP) is 20.0. The summed E-state index contributed by atoms with van der Waals surface area (Å²) in [5.41, 5.74) is 15.0. The van der Waals surface area contributed by atoms with Gasteiger partial charge in [-0.25, -0.2) is 41.8 Å². The van der Waals surface area contributed by atoms with E-state index in [0.717, 1.165) is 89.4 Å². The summed E-state index contributed by atoms with van der Waals surface area (Å²) in [6.45, 7) is 13.7. The van der Waals surface area contributed by atoms with Gasteiger partial charge in [0.15, 0.2) is 5.69 Å². The maximum absolute atomic E-state index is 12.6. The maximum Gasteiger partial charge on any atom is 0.207 e. The fourth-order valence-electron chi connectivity index (χ4n) is 11.2. The monoisotopic (exact) mass is 1420 g/mol. The van der Waals surface area contributed by atoms with Crippen molar-refractivity contribution in [2.75, 3.05) is 0 Å². The molecule has 0 atom stereocenters. The molecule has 12 aromatic carbocycles. The number of rotatable bonds is 4. The zero-order chi connectivity index (χ0) is 75.5. The Labute approximate surface area is 620 Å². The van der Waals surface area contributed by atoms with E-state index >= 15 is 0 Å². The lowest BCUT2D eigenvalue weighted by molar-refractivity contribution is 0.555. The number of fused-ring (bicyclic) bond motifs is 5. The smallest absolute Gasteiger partial charge is 0.207 e. The molecule has 0 amide bonds.